The Balaban J connectivity index is 1.54. The molecule has 2 aromatic rings. The largest absolute Gasteiger partial charge is 0.457 e. The molecule has 0 atom stereocenters. The quantitative estimate of drug-likeness (QED) is 0.809. The maximum absolute atomic E-state index is 12.9. The summed E-state index contributed by atoms with van der Waals surface area (Å²) in [6.45, 7) is 9.19. The summed E-state index contributed by atoms with van der Waals surface area (Å²) < 4.78 is 5.84. The lowest BCUT2D eigenvalue weighted by Crippen LogP contribution is -3.16. The average Bonchev–Trinajstić information content (AvgIpc) is 2.67. The first-order valence-corrected chi connectivity index (χ1v) is 10.1. The maximum atomic E-state index is 12.9. The molecule has 154 valence electrons. The number of carbonyl (C=O) groups is 2. The molecule has 0 bridgehead atoms. The zero-order valence-electron chi connectivity index (χ0n) is 17.4. The van der Waals surface area contributed by atoms with Crippen LogP contribution >= 0.6 is 0 Å². The Morgan fingerprint density at radius 1 is 1.00 bits per heavy atom. The smallest absolute Gasteiger partial charge is 0.275 e. The third-order valence-electron chi connectivity index (χ3n) is 4.74. The van der Waals surface area contributed by atoms with E-state index in [-0.39, 0.29) is 17.4 Å². The second-order valence-corrected chi connectivity index (χ2v) is 8.46. The van der Waals surface area contributed by atoms with E-state index < -0.39 is 0 Å². The average molecular weight is 397 g/mol. The molecule has 1 saturated heterocycles. The lowest BCUT2D eigenvalue weighted by atomic mass is 10.1. The van der Waals surface area contributed by atoms with Crippen LogP contribution in [0.5, 0.6) is 11.5 Å². The fourth-order valence-electron chi connectivity index (χ4n) is 3.39. The first-order valence-electron chi connectivity index (χ1n) is 10.1. The summed E-state index contributed by atoms with van der Waals surface area (Å²) >= 11 is 0. The highest BCUT2D eigenvalue weighted by Crippen LogP contribution is 2.22. The fourth-order valence-corrected chi connectivity index (χ4v) is 3.39. The lowest BCUT2D eigenvalue weighted by molar-refractivity contribution is -0.896. The van der Waals surface area contributed by atoms with Crippen molar-refractivity contribution in [3.8, 4) is 11.5 Å². The Bertz CT molecular complexity index is 838. The van der Waals surface area contributed by atoms with Crippen molar-refractivity contribution in [2.45, 2.75) is 26.3 Å². The van der Waals surface area contributed by atoms with E-state index >= 15 is 0 Å². The lowest BCUT2D eigenvalue weighted by Gasteiger charge is -2.32. The van der Waals surface area contributed by atoms with Crippen molar-refractivity contribution in [3.05, 3.63) is 60.2 Å². The molecule has 0 aliphatic carbocycles. The van der Waals surface area contributed by atoms with Gasteiger partial charge in [0.1, 0.15) is 11.5 Å². The van der Waals surface area contributed by atoms with Gasteiger partial charge in [-0.2, -0.15) is 0 Å². The molecule has 1 fully saturated rings. The van der Waals surface area contributed by atoms with E-state index in [0.717, 1.165) is 18.8 Å². The summed E-state index contributed by atoms with van der Waals surface area (Å²) in [5.74, 6) is 1.44. The van der Waals surface area contributed by atoms with Crippen LogP contribution in [0.2, 0.25) is 0 Å². The molecule has 1 aliphatic heterocycles. The van der Waals surface area contributed by atoms with Crippen LogP contribution in [-0.4, -0.2) is 55.0 Å². The van der Waals surface area contributed by atoms with E-state index in [9.17, 15) is 9.59 Å². The second-order valence-electron chi connectivity index (χ2n) is 8.46. The Labute approximate surface area is 172 Å². The Hall–Kier alpha value is -2.86. The van der Waals surface area contributed by atoms with E-state index in [2.05, 4.69) is 5.32 Å². The van der Waals surface area contributed by atoms with Gasteiger partial charge >= 0.3 is 0 Å². The topological polar surface area (TPSA) is 63.1 Å². The van der Waals surface area contributed by atoms with Gasteiger partial charge in [-0.15, -0.1) is 0 Å². The number of hydrogen-bond acceptors (Lipinski definition) is 3. The van der Waals surface area contributed by atoms with Crippen LogP contribution in [0.15, 0.2) is 54.6 Å². The summed E-state index contributed by atoms with van der Waals surface area (Å²) in [7, 11) is 0. The van der Waals surface area contributed by atoms with Crippen molar-refractivity contribution in [1.29, 1.82) is 0 Å². The predicted octanol–water partition coefficient (Wildman–Crippen LogP) is 1.73. The van der Waals surface area contributed by atoms with Crippen LogP contribution in [0.3, 0.4) is 0 Å². The molecule has 1 aliphatic rings. The van der Waals surface area contributed by atoms with Crippen LogP contribution in [0.25, 0.3) is 0 Å². The number of carbonyl (C=O) groups excluding carboxylic acids is 2. The van der Waals surface area contributed by atoms with Crippen molar-refractivity contribution >= 4 is 11.8 Å². The van der Waals surface area contributed by atoms with Gasteiger partial charge in [-0.3, -0.25) is 9.59 Å². The van der Waals surface area contributed by atoms with E-state index in [4.69, 9.17) is 4.74 Å². The number of piperazine rings is 1. The zero-order chi connectivity index (χ0) is 20.9. The van der Waals surface area contributed by atoms with E-state index in [1.54, 1.807) is 6.07 Å². The predicted molar refractivity (Wildman–Crippen MR) is 112 cm³/mol. The van der Waals surface area contributed by atoms with Crippen LogP contribution in [0.4, 0.5) is 0 Å². The summed E-state index contributed by atoms with van der Waals surface area (Å²) in [6.07, 6.45) is 0. The monoisotopic (exact) mass is 396 g/mol. The first kappa shape index (κ1) is 20.9. The third kappa shape index (κ3) is 6.32. The summed E-state index contributed by atoms with van der Waals surface area (Å²) in [5, 5.41) is 3.00. The Morgan fingerprint density at radius 3 is 2.31 bits per heavy atom. The van der Waals surface area contributed by atoms with E-state index in [0.29, 0.717) is 30.9 Å². The molecule has 2 amide bonds. The molecule has 2 N–H and O–H groups in total. The minimum atomic E-state index is -0.221. The van der Waals surface area contributed by atoms with Crippen LogP contribution in [-0.2, 0) is 4.79 Å². The third-order valence-corrected chi connectivity index (χ3v) is 4.74. The Kier molecular flexibility index (Phi) is 6.54. The number of rotatable bonds is 5. The minimum Gasteiger partial charge on any atom is -0.457 e. The normalized spacial score (nSPS) is 15.1. The molecule has 2 aromatic carbocycles. The number of quaternary nitrogens is 1. The van der Waals surface area contributed by atoms with Crippen molar-refractivity contribution in [1.82, 2.24) is 10.2 Å². The Morgan fingerprint density at radius 2 is 1.66 bits per heavy atom. The van der Waals surface area contributed by atoms with Crippen LogP contribution in [0.1, 0.15) is 31.1 Å². The van der Waals surface area contributed by atoms with Gasteiger partial charge in [0.2, 0.25) is 0 Å². The van der Waals surface area contributed by atoms with Gasteiger partial charge in [0, 0.05) is 11.1 Å². The van der Waals surface area contributed by atoms with Gasteiger partial charge in [0.25, 0.3) is 11.8 Å². The highest BCUT2D eigenvalue weighted by atomic mass is 16.5. The molecule has 29 heavy (non-hydrogen) atoms. The van der Waals surface area contributed by atoms with E-state index in [1.165, 1.54) is 4.90 Å². The number of ether oxygens (including phenoxy) is 1. The molecule has 0 spiro atoms. The van der Waals surface area contributed by atoms with Gasteiger partial charge in [-0.05, 0) is 51.1 Å². The van der Waals surface area contributed by atoms with Crippen molar-refractivity contribution in [2.24, 2.45) is 0 Å². The number of hydrogen-bond donors (Lipinski definition) is 2. The second kappa shape index (κ2) is 9.09. The van der Waals surface area contributed by atoms with Gasteiger partial charge in [-0.1, -0.05) is 24.3 Å². The molecule has 1 heterocycles. The number of nitrogens with zero attached hydrogens (tertiary/aromatic N) is 1. The van der Waals surface area contributed by atoms with Gasteiger partial charge < -0.3 is 19.9 Å². The summed E-state index contributed by atoms with van der Waals surface area (Å²) in [4.78, 5) is 28.1. The number of amides is 2. The highest BCUT2D eigenvalue weighted by molar-refractivity contribution is 5.94. The SMILES string of the molecule is CC(C)(C)NC(=O)C[NH+]1CCN(C(=O)c2cccc(Oc3ccccc3)c2)CC1. The molecule has 0 saturated carbocycles. The van der Waals surface area contributed by atoms with E-state index in [1.807, 2.05) is 74.2 Å². The number of para-hydroxylation sites is 1. The highest BCUT2D eigenvalue weighted by Gasteiger charge is 2.27. The molecule has 6 heteroatoms. The standard InChI is InChI=1S/C23H29N3O3/c1-23(2,3)24-21(27)17-25-12-14-26(15-13-25)22(28)18-8-7-11-20(16-18)29-19-9-5-4-6-10-19/h4-11,16H,12-15,17H2,1-3H3,(H,24,27)/p+1. The summed E-state index contributed by atoms with van der Waals surface area (Å²) in [6, 6.07) is 16.8. The van der Waals surface area contributed by atoms with Crippen LogP contribution < -0.4 is 15.0 Å². The molecule has 3 rings (SSSR count). The first-order chi connectivity index (χ1) is 13.8. The maximum Gasteiger partial charge on any atom is 0.275 e. The zero-order valence-corrected chi connectivity index (χ0v) is 17.4. The summed E-state index contributed by atoms with van der Waals surface area (Å²) in [5.41, 5.74) is 0.397. The van der Waals surface area contributed by atoms with Crippen molar-refractivity contribution in [3.63, 3.8) is 0 Å². The molecular formula is C23H30N3O3+. The molecule has 0 aromatic heterocycles. The number of benzene rings is 2. The van der Waals surface area contributed by atoms with Gasteiger partial charge in [-0.25, -0.2) is 0 Å². The molecule has 0 radical (unpaired) electrons. The molecular weight excluding hydrogens is 366 g/mol. The van der Waals surface area contributed by atoms with Gasteiger partial charge in [0.05, 0.1) is 26.2 Å². The minimum absolute atomic E-state index is 0.00158. The van der Waals surface area contributed by atoms with Crippen molar-refractivity contribution in [2.75, 3.05) is 32.7 Å². The fraction of sp³-hybridized carbons (Fsp3) is 0.391. The van der Waals surface area contributed by atoms with Gasteiger partial charge in [0.15, 0.2) is 6.54 Å². The molecule has 6 nitrogen and oxygen atoms in total. The molecule has 0 unspecified atom stereocenters. The van der Waals surface area contributed by atoms with Crippen molar-refractivity contribution < 1.29 is 19.2 Å². The van der Waals surface area contributed by atoms with Crippen LogP contribution in [0, 0.1) is 0 Å². The number of nitrogens with one attached hydrogen (secondary N) is 2.